The van der Waals surface area contributed by atoms with Crippen LogP contribution in [0, 0.1) is 17.2 Å². The highest BCUT2D eigenvalue weighted by atomic mass is 35.5. The number of nitrogens with zero attached hydrogens (tertiary/aromatic N) is 6. The van der Waals surface area contributed by atoms with Crippen LogP contribution < -0.4 is 20.0 Å². The summed E-state index contributed by atoms with van der Waals surface area (Å²) in [6, 6.07) is 21.0. The second-order valence-electron chi connectivity index (χ2n) is 15.9. The zero-order valence-electron chi connectivity index (χ0n) is 32.2. The lowest BCUT2D eigenvalue weighted by Gasteiger charge is -2.40. The minimum absolute atomic E-state index is 0.140. The minimum atomic E-state index is -0.648. The zero-order valence-corrected chi connectivity index (χ0v) is 32.9. The monoisotopic (exact) mass is 774 g/mol. The van der Waals surface area contributed by atoms with Crippen molar-refractivity contribution in [2.75, 3.05) is 80.7 Å². The number of amides is 2. The van der Waals surface area contributed by atoms with Crippen molar-refractivity contribution in [1.82, 2.24) is 20.1 Å². The van der Waals surface area contributed by atoms with Gasteiger partial charge in [-0.3, -0.25) is 14.5 Å². The van der Waals surface area contributed by atoms with E-state index in [0.29, 0.717) is 41.0 Å². The Morgan fingerprint density at radius 2 is 1.62 bits per heavy atom. The van der Waals surface area contributed by atoms with E-state index in [-0.39, 0.29) is 18.2 Å². The van der Waals surface area contributed by atoms with Gasteiger partial charge in [-0.25, -0.2) is 0 Å². The lowest BCUT2D eigenvalue weighted by Crippen LogP contribution is -2.49. The van der Waals surface area contributed by atoms with Crippen LogP contribution in [-0.2, 0) is 16.1 Å². The Hall–Kier alpha value is -5.05. The number of hydrogen-bond acceptors (Lipinski definition) is 8. The molecular formula is C44H51ClN8O3. The first-order valence-electron chi connectivity index (χ1n) is 20.2. The summed E-state index contributed by atoms with van der Waals surface area (Å²) in [7, 11) is 1.56. The molecule has 56 heavy (non-hydrogen) atoms. The van der Waals surface area contributed by atoms with Gasteiger partial charge in [0.1, 0.15) is 18.4 Å². The summed E-state index contributed by atoms with van der Waals surface area (Å²) in [5, 5.41) is 13.6. The van der Waals surface area contributed by atoms with Gasteiger partial charge in [-0.15, -0.1) is 0 Å². The fourth-order valence-electron chi connectivity index (χ4n) is 9.48. The third kappa shape index (κ3) is 7.57. The molecule has 0 aliphatic carbocycles. The lowest BCUT2D eigenvalue weighted by atomic mass is 9.89. The van der Waals surface area contributed by atoms with Crippen LogP contribution >= 0.6 is 11.6 Å². The Labute approximate surface area is 334 Å². The Morgan fingerprint density at radius 3 is 2.32 bits per heavy atom. The number of piperidine rings is 2. The minimum Gasteiger partial charge on any atom is -0.372 e. The maximum absolute atomic E-state index is 13.2. The summed E-state index contributed by atoms with van der Waals surface area (Å²) >= 11 is 6.46. The van der Waals surface area contributed by atoms with Gasteiger partial charge in [0, 0.05) is 107 Å². The second-order valence-corrected chi connectivity index (χ2v) is 16.3. The van der Waals surface area contributed by atoms with Crippen LogP contribution in [0.2, 0.25) is 5.02 Å². The molecule has 11 nitrogen and oxygen atoms in total. The third-order valence-corrected chi connectivity index (χ3v) is 13.0. The van der Waals surface area contributed by atoms with Crippen LogP contribution in [0.1, 0.15) is 71.5 Å². The van der Waals surface area contributed by atoms with E-state index < -0.39 is 6.04 Å². The molecule has 0 radical (unpaired) electrons. The highest BCUT2D eigenvalue weighted by molar-refractivity contribution is 6.36. The number of nitriles is 1. The van der Waals surface area contributed by atoms with E-state index in [1.165, 1.54) is 24.1 Å². The van der Waals surface area contributed by atoms with Gasteiger partial charge in [-0.05, 0) is 97.5 Å². The van der Waals surface area contributed by atoms with E-state index in [1.54, 1.807) is 18.1 Å². The number of aldehydes is 1. The smallest absolute Gasteiger partial charge is 0.255 e. The molecule has 3 saturated heterocycles. The maximum Gasteiger partial charge on any atom is 0.255 e. The van der Waals surface area contributed by atoms with Gasteiger partial charge in [-0.1, -0.05) is 23.7 Å². The Bertz CT molecular complexity index is 2100. The predicted octanol–water partition coefficient (Wildman–Crippen LogP) is 6.17. The SMILES string of the molecule is CNC(=O)C(CCC=O)N1Cc2cc(N3CCN(CC4CCN(c5ccc(C6CCN(c7ccc(Cl)c8c(C#N)c[nH]c78)CC6)cc5)CC4)CC3)ccc2C1=O. The predicted molar refractivity (Wildman–Crippen MR) is 222 cm³/mol. The van der Waals surface area contributed by atoms with Crippen molar-refractivity contribution in [2.45, 2.75) is 57.0 Å². The number of aromatic nitrogens is 1. The van der Waals surface area contributed by atoms with Gasteiger partial charge in [0.15, 0.2) is 0 Å². The Morgan fingerprint density at radius 1 is 0.929 bits per heavy atom. The van der Waals surface area contributed by atoms with Crippen molar-refractivity contribution in [2.24, 2.45) is 5.92 Å². The molecule has 3 aromatic carbocycles. The first-order valence-corrected chi connectivity index (χ1v) is 20.6. The van der Waals surface area contributed by atoms with Crippen LogP contribution in [0.15, 0.2) is 60.8 Å². The number of rotatable bonds is 11. The summed E-state index contributed by atoms with van der Waals surface area (Å²) in [6.07, 6.45) is 7.70. The fraction of sp³-hybridized carbons (Fsp3) is 0.455. The quantitative estimate of drug-likeness (QED) is 0.174. The molecule has 1 unspecified atom stereocenters. The number of anilines is 3. The summed E-state index contributed by atoms with van der Waals surface area (Å²) in [5.41, 5.74) is 8.13. The summed E-state index contributed by atoms with van der Waals surface area (Å²) in [5.74, 6) is 0.864. The molecule has 8 rings (SSSR count). The van der Waals surface area contributed by atoms with Crippen molar-refractivity contribution in [3.63, 3.8) is 0 Å². The number of aromatic amines is 1. The van der Waals surface area contributed by atoms with Crippen LogP contribution in [0.4, 0.5) is 17.1 Å². The van der Waals surface area contributed by atoms with Crippen molar-refractivity contribution in [3.8, 4) is 6.07 Å². The lowest BCUT2D eigenvalue weighted by molar-refractivity contribution is -0.125. The summed E-state index contributed by atoms with van der Waals surface area (Å²) in [4.78, 5) is 51.7. The molecule has 3 fully saturated rings. The van der Waals surface area contributed by atoms with E-state index in [4.69, 9.17) is 11.6 Å². The molecule has 0 saturated carbocycles. The van der Waals surface area contributed by atoms with E-state index in [1.807, 2.05) is 18.2 Å². The molecule has 1 atom stereocenters. The topological polar surface area (TPSA) is 119 Å². The number of halogens is 1. The molecule has 292 valence electrons. The largest absolute Gasteiger partial charge is 0.372 e. The van der Waals surface area contributed by atoms with Gasteiger partial charge < -0.3 is 34.7 Å². The third-order valence-electron chi connectivity index (χ3n) is 12.7. The van der Waals surface area contributed by atoms with Gasteiger partial charge in [-0.2, -0.15) is 5.26 Å². The van der Waals surface area contributed by atoms with E-state index in [9.17, 15) is 19.6 Å². The number of carbonyl (C=O) groups excluding carboxylic acids is 3. The average Bonchev–Trinajstić information content (AvgIpc) is 3.83. The van der Waals surface area contributed by atoms with Crippen molar-refractivity contribution >= 4 is 57.7 Å². The molecule has 4 aromatic rings. The standard InChI is InChI=1S/C44H51ClN8O3/c1-47-43(55)40(3-2-24-54)53-29-33-25-36(8-9-37(33)44(53)56)51-22-20-49(21-23-51)28-30-12-16-50(17-13-30)35-6-4-31(5-7-35)32-14-18-52(19-15-32)39-11-10-38(45)41-34(26-46)27-48-42(39)41/h4-11,24-25,27,30,32,40,48H,2-3,12-23,28-29H2,1H3,(H,47,55). The van der Waals surface area contributed by atoms with Gasteiger partial charge in [0.2, 0.25) is 5.91 Å². The molecule has 12 heteroatoms. The molecule has 4 aliphatic rings. The van der Waals surface area contributed by atoms with E-state index in [2.05, 4.69) is 72.4 Å². The van der Waals surface area contributed by atoms with Crippen LogP contribution in [0.25, 0.3) is 10.9 Å². The molecule has 0 bridgehead atoms. The molecule has 5 heterocycles. The van der Waals surface area contributed by atoms with E-state index >= 15 is 0 Å². The highest BCUT2D eigenvalue weighted by Gasteiger charge is 2.36. The van der Waals surface area contributed by atoms with Crippen LogP contribution in [-0.4, -0.2) is 105 Å². The first kappa shape index (κ1) is 37.9. The Kier molecular flexibility index (Phi) is 11.2. The second kappa shape index (κ2) is 16.6. The molecule has 1 aromatic heterocycles. The number of benzene rings is 3. The number of nitrogens with one attached hydrogen (secondary N) is 2. The number of piperazine rings is 1. The molecule has 2 N–H and O–H groups in total. The Balaban J connectivity index is 0.783. The molecular weight excluding hydrogens is 724 g/mol. The first-order chi connectivity index (χ1) is 27.3. The van der Waals surface area contributed by atoms with Gasteiger partial charge in [0.05, 0.1) is 21.8 Å². The average molecular weight is 775 g/mol. The normalized spacial score (nSPS) is 19.0. The molecule has 0 spiro atoms. The summed E-state index contributed by atoms with van der Waals surface area (Å²) < 4.78 is 0. The van der Waals surface area contributed by atoms with Gasteiger partial charge >= 0.3 is 0 Å². The van der Waals surface area contributed by atoms with Crippen LogP contribution in [0.3, 0.4) is 0 Å². The zero-order chi connectivity index (χ0) is 38.8. The number of H-pyrrole nitrogens is 1. The van der Waals surface area contributed by atoms with E-state index in [0.717, 1.165) is 106 Å². The highest BCUT2D eigenvalue weighted by Crippen LogP contribution is 2.38. The van der Waals surface area contributed by atoms with Crippen molar-refractivity contribution in [1.29, 1.82) is 5.26 Å². The number of likely N-dealkylation sites (N-methyl/N-ethyl adjacent to an activating group) is 1. The number of hydrogen-bond donors (Lipinski definition) is 2. The van der Waals surface area contributed by atoms with Crippen LogP contribution in [0.5, 0.6) is 0 Å². The van der Waals surface area contributed by atoms with Crippen molar-refractivity contribution < 1.29 is 14.4 Å². The van der Waals surface area contributed by atoms with Gasteiger partial charge in [0.25, 0.3) is 5.91 Å². The number of carbonyl (C=O) groups is 3. The fourth-order valence-corrected chi connectivity index (χ4v) is 9.74. The molecule has 4 aliphatic heterocycles. The maximum atomic E-state index is 13.2. The summed E-state index contributed by atoms with van der Waals surface area (Å²) in [6.45, 7) is 9.57. The van der Waals surface area contributed by atoms with Crippen molar-refractivity contribution in [3.05, 3.63) is 88.1 Å². The number of fused-ring (bicyclic) bond motifs is 2. The molecule has 2 amide bonds.